The van der Waals surface area contributed by atoms with Crippen molar-refractivity contribution in [1.29, 1.82) is 0 Å². The maximum absolute atomic E-state index is 12.2. The van der Waals surface area contributed by atoms with E-state index >= 15 is 0 Å². The summed E-state index contributed by atoms with van der Waals surface area (Å²) in [6.45, 7) is 2.97. The van der Waals surface area contributed by atoms with Gasteiger partial charge >= 0.3 is 0 Å². The van der Waals surface area contributed by atoms with Gasteiger partial charge in [0.2, 0.25) is 0 Å². The fourth-order valence-corrected chi connectivity index (χ4v) is 2.59. The van der Waals surface area contributed by atoms with E-state index in [-0.39, 0.29) is 12.5 Å². The Labute approximate surface area is 163 Å². The Morgan fingerprint density at radius 3 is 2.79 bits per heavy atom. The summed E-state index contributed by atoms with van der Waals surface area (Å²) in [5.41, 5.74) is 1.69. The van der Waals surface area contributed by atoms with Crippen molar-refractivity contribution in [3.05, 3.63) is 66.5 Å². The number of anilines is 1. The van der Waals surface area contributed by atoms with Crippen molar-refractivity contribution in [2.75, 3.05) is 25.6 Å². The average molecular weight is 381 g/mol. The van der Waals surface area contributed by atoms with E-state index in [1.807, 2.05) is 43.5 Å². The van der Waals surface area contributed by atoms with Crippen LogP contribution in [0.25, 0.3) is 0 Å². The van der Waals surface area contributed by atoms with Gasteiger partial charge in [-0.15, -0.1) is 0 Å². The molecule has 146 valence electrons. The van der Waals surface area contributed by atoms with Crippen molar-refractivity contribution in [3.8, 4) is 17.2 Å². The van der Waals surface area contributed by atoms with Gasteiger partial charge in [-0.1, -0.05) is 12.1 Å². The van der Waals surface area contributed by atoms with Gasteiger partial charge in [-0.3, -0.25) is 9.48 Å². The van der Waals surface area contributed by atoms with Gasteiger partial charge in [0, 0.05) is 24.1 Å². The third-order valence-corrected chi connectivity index (χ3v) is 3.94. The zero-order chi connectivity index (χ0) is 19.8. The normalized spacial score (nSPS) is 10.4. The van der Waals surface area contributed by atoms with Crippen LogP contribution in [0, 0.1) is 6.92 Å². The molecule has 7 heteroatoms. The number of nitrogens with one attached hydrogen (secondary N) is 1. The second-order valence-corrected chi connectivity index (χ2v) is 6.14. The molecule has 0 radical (unpaired) electrons. The fourth-order valence-electron chi connectivity index (χ4n) is 2.59. The molecule has 3 aromatic rings. The van der Waals surface area contributed by atoms with E-state index < -0.39 is 0 Å². The Morgan fingerprint density at radius 1 is 1.11 bits per heavy atom. The number of rotatable bonds is 9. The Kier molecular flexibility index (Phi) is 6.51. The minimum Gasteiger partial charge on any atom is -0.493 e. The highest BCUT2D eigenvalue weighted by Crippen LogP contribution is 2.27. The standard InChI is InChI=1S/C21H23N3O4/c1-16-7-8-19(20(13-16)26-2)28-15-21(25)23-17-5-3-6-18(14-17)27-12-11-24-10-4-9-22-24/h3-10,13-14H,11-12,15H2,1-2H3,(H,23,25). The number of hydrogen-bond donors (Lipinski definition) is 1. The van der Waals surface area contributed by atoms with Crippen LogP contribution in [0.15, 0.2) is 60.9 Å². The quantitative estimate of drug-likeness (QED) is 0.616. The predicted molar refractivity (Wildman–Crippen MR) is 106 cm³/mol. The van der Waals surface area contributed by atoms with Gasteiger partial charge in [-0.2, -0.15) is 5.10 Å². The minimum absolute atomic E-state index is 0.121. The number of methoxy groups -OCH3 is 1. The molecule has 1 N–H and O–H groups in total. The number of carbonyl (C=O) groups is 1. The first-order valence-corrected chi connectivity index (χ1v) is 8.91. The van der Waals surface area contributed by atoms with Crippen LogP contribution in [0.2, 0.25) is 0 Å². The van der Waals surface area contributed by atoms with Crippen molar-refractivity contribution >= 4 is 11.6 Å². The number of aromatic nitrogens is 2. The molecule has 0 saturated carbocycles. The molecule has 0 fully saturated rings. The molecule has 1 heterocycles. The molecule has 0 aliphatic heterocycles. The van der Waals surface area contributed by atoms with Crippen LogP contribution in [-0.2, 0) is 11.3 Å². The first-order chi connectivity index (χ1) is 13.6. The number of aryl methyl sites for hydroxylation is 1. The Balaban J connectivity index is 1.50. The summed E-state index contributed by atoms with van der Waals surface area (Å²) in [6, 6.07) is 14.6. The van der Waals surface area contributed by atoms with Crippen LogP contribution in [0.5, 0.6) is 17.2 Å². The summed E-state index contributed by atoms with van der Waals surface area (Å²) < 4.78 is 18.4. The molecule has 0 aliphatic carbocycles. The summed E-state index contributed by atoms with van der Waals surface area (Å²) in [5, 5.41) is 6.93. The lowest BCUT2D eigenvalue weighted by molar-refractivity contribution is -0.118. The molecule has 0 saturated heterocycles. The van der Waals surface area contributed by atoms with Gasteiger partial charge in [-0.25, -0.2) is 0 Å². The lowest BCUT2D eigenvalue weighted by Gasteiger charge is -2.12. The smallest absolute Gasteiger partial charge is 0.262 e. The van der Waals surface area contributed by atoms with Crippen molar-refractivity contribution in [2.24, 2.45) is 0 Å². The SMILES string of the molecule is COc1cc(C)ccc1OCC(=O)Nc1cccc(OCCn2cccn2)c1. The second kappa shape index (κ2) is 9.45. The summed E-state index contributed by atoms with van der Waals surface area (Å²) >= 11 is 0. The largest absolute Gasteiger partial charge is 0.493 e. The van der Waals surface area contributed by atoms with E-state index in [9.17, 15) is 4.79 Å². The summed E-state index contributed by atoms with van der Waals surface area (Å²) in [5.74, 6) is 1.53. The van der Waals surface area contributed by atoms with Crippen molar-refractivity contribution in [1.82, 2.24) is 9.78 Å². The van der Waals surface area contributed by atoms with Crippen LogP contribution < -0.4 is 19.5 Å². The van der Waals surface area contributed by atoms with Crippen LogP contribution >= 0.6 is 0 Å². The monoisotopic (exact) mass is 381 g/mol. The van der Waals surface area contributed by atoms with Gasteiger partial charge in [0.25, 0.3) is 5.91 Å². The zero-order valence-electron chi connectivity index (χ0n) is 15.9. The van der Waals surface area contributed by atoms with E-state index in [2.05, 4.69) is 10.4 Å². The third-order valence-electron chi connectivity index (χ3n) is 3.94. The molecule has 2 aromatic carbocycles. The number of nitrogens with zero attached hydrogens (tertiary/aromatic N) is 2. The number of benzene rings is 2. The lowest BCUT2D eigenvalue weighted by atomic mass is 10.2. The maximum atomic E-state index is 12.2. The fraction of sp³-hybridized carbons (Fsp3) is 0.238. The van der Waals surface area contributed by atoms with E-state index in [0.717, 1.165) is 5.56 Å². The molecule has 1 aromatic heterocycles. The van der Waals surface area contributed by atoms with E-state index in [0.29, 0.717) is 36.1 Å². The molecule has 0 unspecified atom stereocenters. The number of hydrogen-bond acceptors (Lipinski definition) is 5. The topological polar surface area (TPSA) is 74.6 Å². The Hall–Kier alpha value is -3.48. The average Bonchev–Trinajstić information content (AvgIpc) is 3.21. The number of amides is 1. The first kappa shape index (κ1) is 19.3. The number of ether oxygens (including phenoxy) is 3. The summed E-state index contributed by atoms with van der Waals surface area (Å²) in [6.07, 6.45) is 3.60. The first-order valence-electron chi connectivity index (χ1n) is 8.91. The van der Waals surface area contributed by atoms with Crippen molar-refractivity contribution < 1.29 is 19.0 Å². The van der Waals surface area contributed by atoms with E-state index in [4.69, 9.17) is 14.2 Å². The predicted octanol–water partition coefficient (Wildman–Crippen LogP) is 3.30. The highest BCUT2D eigenvalue weighted by Gasteiger charge is 2.09. The van der Waals surface area contributed by atoms with Gasteiger partial charge in [-0.05, 0) is 42.8 Å². The van der Waals surface area contributed by atoms with Gasteiger partial charge < -0.3 is 19.5 Å². The second-order valence-electron chi connectivity index (χ2n) is 6.14. The molecule has 0 aliphatic rings. The van der Waals surface area contributed by atoms with Gasteiger partial charge in [0.05, 0.1) is 13.7 Å². The molecular weight excluding hydrogens is 358 g/mol. The van der Waals surface area contributed by atoms with Crippen molar-refractivity contribution in [3.63, 3.8) is 0 Å². The molecule has 3 rings (SSSR count). The minimum atomic E-state index is -0.267. The molecular formula is C21H23N3O4. The molecule has 28 heavy (non-hydrogen) atoms. The van der Waals surface area contributed by atoms with Crippen LogP contribution in [0.1, 0.15) is 5.56 Å². The molecule has 0 bridgehead atoms. The highest BCUT2D eigenvalue weighted by molar-refractivity contribution is 5.92. The van der Waals surface area contributed by atoms with Crippen molar-refractivity contribution in [2.45, 2.75) is 13.5 Å². The van der Waals surface area contributed by atoms with Crippen LogP contribution in [-0.4, -0.2) is 36.0 Å². The van der Waals surface area contributed by atoms with Gasteiger partial charge in [0.1, 0.15) is 12.4 Å². The lowest BCUT2D eigenvalue weighted by Crippen LogP contribution is -2.20. The molecule has 1 amide bonds. The Morgan fingerprint density at radius 2 is 2.00 bits per heavy atom. The molecule has 7 nitrogen and oxygen atoms in total. The zero-order valence-corrected chi connectivity index (χ0v) is 15.9. The Bertz CT molecular complexity index is 910. The highest BCUT2D eigenvalue weighted by atomic mass is 16.5. The molecule has 0 spiro atoms. The summed E-state index contributed by atoms with van der Waals surface area (Å²) in [4.78, 5) is 12.2. The molecule has 0 atom stereocenters. The van der Waals surface area contributed by atoms with Crippen LogP contribution in [0.3, 0.4) is 0 Å². The maximum Gasteiger partial charge on any atom is 0.262 e. The van der Waals surface area contributed by atoms with Gasteiger partial charge in [0.15, 0.2) is 18.1 Å². The van der Waals surface area contributed by atoms with E-state index in [1.54, 1.807) is 36.2 Å². The third kappa shape index (κ3) is 5.51. The number of carbonyl (C=O) groups excluding carboxylic acids is 1. The van der Waals surface area contributed by atoms with E-state index in [1.165, 1.54) is 0 Å². The van der Waals surface area contributed by atoms with Crippen LogP contribution in [0.4, 0.5) is 5.69 Å². The summed E-state index contributed by atoms with van der Waals surface area (Å²) in [7, 11) is 1.57.